The lowest BCUT2D eigenvalue weighted by atomic mass is 9.94. The summed E-state index contributed by atoms with van der Waals surface area (Å²) in [6.45, 7) is 7.12. The lowest BCUT2D eigenvalue weighted by Gasteiger charge is -2.43. The first-order valence-electron chi connectivity index (χ1n) is 12.9. The molecule has 2 heterocycles. The van der Waals surface area contributed by atoms with Crippen LogP contribution in [0.3, 0.4) is 0 Å². The van der Waals surface area contributed by atoms with E-state index < -0.39 is 5.54 Å². The number of carbonyl (C=O) groups is 3. The third kappa shape index (κ3) is 5.41. The number of nitrogens with zero attached hydrogens (tertiary/aromatic N) is 3. The Morgan fingerprint density at radius 3 is 2.57 bits per heavy atom. The number of hydrogen-bond acceptors (Lipinski definition) is 4. The molecule has 0 unspecified atom stereocenters. The molecule has 1 aliphatic carbocycles. The molecule has 1 atom stereocenters. The van der Waals surface area contributed by atoms with Crippen LogP contribution in [-0.2, 0) is 17.8 Å². The Hall–Kier alpha value is -3.16. The van der Waals surface area contributed by atoms with E-state index in [9.17, 15) is 14.4 Å². The van der Waals surface area contributed by atoms with Gasteiger partial charge in [0.1, 0.15) is 11.2 Å². The number of benzene rings is 1. The molecule has 188 valence electrons. The second-order valence-corrected chi connectivity index (χ2v) is 10.1. The van der Waals surface area contributed by atoms with Crippen molar-refractivity contribution >= 4 is 17.7 Å². The minimum absolute atomic E-state index is 0.140. The van der Waals surface area contributed by atoms with Gasteiger partial charge in [0, 0.05) is 25.2 Å². The Balaban J connectivity index is 1.48. The average molecular weight is 480 g/mol. The van der Waals surface area contributed by atoms with Crippen molar-refractivity contribution in [1.82, 2.24) is 25.3 Å². The summed E-state index contributed by atoms with van der Waals surface area (Å²) in [6.07, 6.45) is 6.62. The van der Waals surface area contributed by atoms with Crippen LogP contribution in [0.4, 0.5) is 0 Å². The fourth-order valence-corrected chi connectivity index (χ4v) is 5.00. The van der Waals surface area contributed by atoms with Gasteiger partial charge < -0.3 is 15.5 Å². The van der Waals surface area contributed by atoms with Gasteiger partial charge in [0.25, 0.3) is 11.8 Å². The molecule has 35 heavy (non-hydrogen) atoms. The summed E-state index contributed by atoms with van der Waals surface area (Å²) in [5.74, 6) is -0.705. The zero-order chi connectivity index (χ0) is 25.0. The maximum Gasteiger partial charge on any atom is 0.273 e. The van der Waals surface area contributed by atoms with E-state index in [0.29, 0.717) is 25.2 Å². The molecule has 0 bridgehead atoms. The van der Waals surface area contributed by atoms with E-state index in [4.69, 9.17) is 0 Å². The summed E-state index contributed by atoms with van der Waals surface area (Å²) in [7, 11) is 0. The zero-order valence-corrected chi connectivity index (χ0v) is 21.1. The van der Waals surface area contributed by atoms with Crippen LogP contribution in [-0.4, -0.2) is 57.1 Å². The van der Waals surface area contributed by atoms with Gasteiger partial charge >= 0.3 is 0 Å². The number of rotatable bonds is 9. The standard InChI is InChI=1S/C27H37N5O3/c1-4-5-16-31-25(34)23-17-22(24(33)28-15-14-20-12-10-19(2)11-13-20)30-32(23)18-27(31,3)26(35)29-21-8-6-7-9-21/h10-13,17,21H,4-9,14-16,18H2,1-3H3,(H,28,33)(H,29,35)/t27-/m0/s1. The van der Waals surface area contributed by atoms with Crippen LogP contribution < -0.4 is 10.6 Å². The molecule has 1 aromatic heterocycles. The third-order valence-corrected chi connectivity index (χ3v) is 7.26. The predicted octanol–water partition coefficient (Wildman–Crippen LogP) is 3.24. The predicted molar refractivity (Wildman–Crippen MR) is 134 cm³/mol. The van der Waals surface area contributed by atoms with E-state index in [1.165, 1.54) is 10.2 Å². The number of carbonyl (C=O) groups excluding carboxylic acids is 3. The van der Waals surface area contributed by atoms with Crippen LogP contribution >= 0.6 is 0 Å². The van der Waals surface area contributed by atoms with Gasteiger partial charge in [-0.1, -0.05) is 56.0 Å². The summed E-state index contributed by atoms with van der Waals surface area (Å²) < 4.78 is 1.54. The lowest BCUT2D eigenvalue weighted by Crippen LogP contribution is -2.65. The van der Waals surface area contributed by atoms with Crippen LogP contribution in [0.15, 0.2) is 30.3 Å². The van der Waals surface area contributed by atoms with Crippen molar-refractivity contribution in [2.75, 3.05) is 13.1 Å². The molecule has 0 saturated heterocycles. The number of amides is 3. The zero-order valence-electron chi connectivity index (χ0n) is 21.1. The van der Waals surface area contributed by atoms with E-state index in [2.05, 4.69) is 46.9 Å². The van der Waals surface area contributed by atoms with E-state index >= 15 is 0 Å². The van der Waals surface area contributed by atoms with Crippen molar-refractivity contribution in [2.24, 2.45) is 0 Å². The maximum atomic E-state index is 13.5. The van der Waals surface area contributed by atoms with Crippen molar-refractivity contribution in [3.05, 3.63) is 52.8 Å². The van der Waals surface area contributed by atoms with E-state index in [1.807, 2.05) is 13.8 Å². The largest absolute Gasteiger partial charge is 0.351 e. The first kappa shape index (κ1) is 24.9. The van der Waals surface area contributed by atoms with Crippen LogP contribution in [0.1, 0.15) is 84.5 Å². The molecule has 1 fully saturated rings. The van der Waals surface area contributed by atoms with Gasteiger partial charge in [0.2, 0.25) is 5.91 Å². The Bertz CT molecular complexity index is 1070. The molecule has 3 amide bonds. The fraction of sp³-hybridized carbons (Fsp3) is 0.556. The highest BCUT2D eigenvalue weighted by atomic mass is 16.2. The van der Waals surface area contributed by atoms with E-state index in [-0.39, 0.29) is 36.0 Å². The Kier molecular flexibility index (Phi) is 7.57. The van der Waals surface area contributed by atoms with Crippen LogP contribution in [0, 0.1) is 6.92 Å². The quantitative estimate of drug-likeness (QED) is 0.577. The van der Waals surface area contributed by atoms with Gasteiger partial charge in [-0.2, -0.15) is 5.10 Å². The van der Waals surface area contributed by atoms with Gasteiger partial charge in [0.05, 0.1) is 6.54 Å². The monoisotopic (exact) mass is 479 g/mol. The molecule has 4 rings (SSSR count). The third-order valence-electron chi connectivity index (χ3n) is 7.26. The summed E-state index contributed by atoms with van der Waals surface area (Å²) in [4.78, 5) is 41.4. The van der Waals surface area contributed by atoms with Gasteiger partial charge in [-0.15, -0.1) is 0 Å². The maximum absolute atomic E-state index is 13.5. The molecule has 1 saturated carbocycles. The normalized spacial score (nSPS) is 20.1. The van der Waals surface area contributed by atoms with Gasteiger partial charge in [0.15, 0.2) is 5.69 Å². The number of aryl methyl sites for hydroxylation is 1. The highest BCUT2D eigenvalue weighted by molar-refractivity contribution is 6.01. The van der Waals surface area contributed by atoms with Crippen LogP contribution in [0.2, 0.25) is 0 Å². The molecule has 1 aromatic carbocycles. The summed E-state index contributed by atoms with van der Waals surface area (Å²) in [6, 6.07) is 9.93. The van der Waals surface area contributed by atoms with Crippen LogP contribution in [0.25, 0.3) is 0 Å². The average Bonchev–Trinajstić information content (AvgIpc) is 3.50. The van der Waals surface area contributed by atoms with Crippen molar-refractivity contribution in [3.63, 3.8) is 0 Å². The van der Waals surface area contributed by atoms with Crippen molar-refractivity contribution in [2.45, 2.75) is 83.8 Å². The van der Waals surface area contributed by atoms with Crippen molar-refractivity contribution < 1.29 is 14.4 Å². The minimum Gasteiger partial charge on any atom is -0.351 e. The molecule has 8 heteroatoms. The SMILES string of the molecule is CCCCN1C(=O)c2cc(C(=O)NCCc3ccc(C)cc3)nn2C[C@@]1(C)C(=O)NC1CCCC1. The molecule has 0 spiro atoms. The second-order valence-electron chi connectivity index (χ2n) is 10.1. The van der Waals surface area contributed by atoms with Gasteiger partial charge in [-0.3, -0.25) is 19.1 Å². The summed E-state index contributed by atoms with van der Waals surface area (Å²) in [5.41, 5.74) is 1.85. The number of nitrogens with one attached hydrogen (secondary N) is 2. The minimum atomic E-state index is -1.05. The number of unbranched alkanes of at least 4 members (excludes halogenated alkanes) is 1. The highest BCUT2D eigenvalue weighted by Crippen LogP contribution is 2.29. The molecule has 8 nitrogen and oxygen atoms in total. The van der Waals surface area contributed by atoms with Gasteiger partial charge in [-0.05, 0) is 45.1 Å². The second kappa shape index (κ2) is 10.6. The first-order chi connectivity index (χ1) is 16.8. The number of hydrogen-bond donors (Lipinski definition) is 2. The molecule has 2 aromatic rings. The van der Waals surface area contributed by atoms with Crippen LogP contribution in [0.5, 0.6) is 0 Å². The highest BCUT2D eigenvalue weighted by Gasteiger charge is 2.48. The Morgan fingerprint density at radius 2 is 1.89 bits per heavy atom. The summed E-state index contributed by atoms with van der Waals surface area (Å²) >= 11 is 0. The van der Waals surface area contributed by atoms with E-state index in [1.54, 1.807) is 11.0 Å². The molecule has 0 radical (unpaired) electrons. The van der Waals surface area contributed by atoms with Crippen molar-refractivity contribution in [3.8, 4) is 0 Å². The Labute approximate surface area is 207 Å². The Morgan fingerprint density at radius 1 is 1.17 bits per heavy atom. The molecular formula is C27H37N5O3. The van der Waals surface area contributed by atoms with Gasteiger partial charge in [-0.25, -0.2) is 0 Å². The topological polar surface area (TPSA) is 96.3 Å². The number of aromatic nitrogens is 2. The van der Waals surface area contributed by atoms with E-state index in [0.717, 1.165) is 44.1 Å². The fourth-order valence-electron chi connectivity index (χ4n) is 5.00. The molecule has 1 aliphatic heterocycles. The molecule has 2 N–H and O–H groups in total. The number of fused-ring (bicyclic) bond motifs is 1. The van der Waals surface area contributed by atoms with Crippen molar-refractivity contribution in [1.29, 1.82) is 0 Å². The molecular weight excluding hydrogens is 442 g/mol. The first-order valence-corrected chi connectivity index (χ1v) is 12.9. The summed E-state index contributed by atoms with van der Waals surface area (Å²) in [5, 5.41) is 10.5. The molecule has 2 aliphatic rings. The lowest BCUT2D eigenvalue weighted by molar-refractivity contribution is -0.133. The smallest absolute Gasteiger partial charge is 0.273 e.